The van der Waals surface area contributed by atoms with Crippen molar-refractivity contribution in [1.82, 2.24) is 0 Å². The molecule has 0 saturated carbocycles. The van der Waals surface area contributed by atoms with Crippen LogP contribution in [0.3, 0.4) is 0 Å². The average molecular weight is 149 g/mol. The van der Waals surface area contributed by atoms with Crippen molar-refractivity contribution in [3.63, 3.8) is 0 Å². The Morgan fingerprint density at radius 2 is 2.00 bits per heavy atom. The fourth-order valence-corrected chi connectivity index (χ4v) is 0.611. The maximum atomic E-state index is 5.49. The summed E-state index contributed by atoms with van der Waals surface area (Å²) in [5, 5.41) is 0. The summed E-state index contributed by atoms with van der Waals surface area (Å²) in [6.07, 6.45) is 5.66. The van der Waals surface area contributed by atoms with Gasteiger partial charge in [-0.1, -0.05) is 37.0 Å². The van der Waals surface area contributed by atoms with E-state index in [1.807, 2.05) is 26.0 Å². The number of allylic oxidation sites excluding steroid dienone is 4. The number of hydrogen-bond acceptors (Lipinski definition) is 1. The molecule has 0 aliphatic rings. The largest absolute Gasteiger partial charge is 0.399 e. The minimum absolute atomic E-state index is 0.557. The maximum Gasteiger partial charge on any atom is 0.0314 e. The highest BCUT2D eigenvalue weighted by Crippen LogP contribution is 2.07. The van der Waals surface area contributed by atoms with E-state index >= 15 is 0 Å². The van der Waals surface area contributed by atoms with Crippen molar-refractivity contribution < 1.29 is 0 Å². The van der Waals surface area contributed by atoms with Crippen molar-refractivity contribution in [2.45, 2.75) is 13.8 Å². The second kappa shape index (κ2) is 4.56. The van der Waals surface area contributed by atoms with Crippen LogP contribution < -0.4 is 5.73 Å². The van der Waals surface area contributed by atoms with Crippen LogP contribution >= 0.6 is 0 Å². The molecule has 0 bridgehead atoms. The Morgan fingerprint density at radius 3 is 2.27 bits per heavy atom. The summed E-state index contributed by atoms with van der Waals surface area (Å²) in [5.74, 6) is 0. The predicted octanol–water partition coefficient (Wildman–Crippen LogP) is 2.54. The first-order valence-electron chi connectivity index (χ1n) is 3.53. The molecule has 60 valence electrons. The van der Waals surface area contributed by atoms with E-state index in [1.165, 1.54) is 0 Å². The molecule has 1 nitrogen and oxygen atoms in total. The van der Waals surface area contributed by atoms with Gasteiger partial charge in [0.1, 0.15) is 0 Å². The number of nitrogens with two attached hydrogens (primary N) is 1. The van der Waals surface area contributed by atoms with Gasteiger partial charge >= 0.3 is 0 Å². The molecule has 0 atom stereocenters. The topological polar surface area (TPSA) is 26.0 Å². The first-order valence-corrected chi connectivity index (χ1v) is 3.53. The summed E-state index contributed by atoms with van der Waals surface area (Å²) in [7, 11) is 0. The molecule has 2 N–H and O–H groups in total. The summed E-state index contributed by atoms with van der Waals surface area (Å²) >= 11 is 0. The summed E-state index contributed by atoms with van der Waals surface area (Å²) in [6, 6.07) is 0. The number of hydrogen-bond donors (Lipinski definition) is 1. The van der Waals surface area contributed by atoms with Gasteiger partial charge in [0.15, 0.2) is 0 Å². The number of rotatable bonds is 3. The van der Waals surface area contributed by atoms with Crippen molar-refractivity contribution in [3.05, 3.63) is 48.2 Å². The van der Waals surface area contributed by atoms with Crippen LogP contribution in [0.4, 0.5) is 0 Å². The van der Waals surface area contributed by atoms with Crippen LogP contribution in [0.25, 0.3) is 0 Å². The summed E-state index contributed by atoms with van der Waals surface area (Å²) in [5.41, 5.74) is 8.09. The minimum atomic E-state index is 0.557. The molecular formula is C10H15N. The molecule has 0 fully saturated rings. The Labute approximate surface area is 68.6 Å². The summed E-state index contributed by atoms with van der Waals surface area (Å²) < 4.78 is 0. The molecule has 11 heavy (non-hydrogen) atoms. The molecule has 0 amide bonds. The van der Waals surface area contributed by atoms with Gasteiger partial charge in [0, 0.05) is 5.70 Å². The van der Waals surface area contributed by atoms with Gasteiger partial charge in [-0.2, -0.15) is 0 Å². The van der Waals surface area contributed by atoms with Gasteiger partial charge in [0.05, 0.1) is 0 Å². The van der Waals surface area contributed by atoms with E-state index in [-0.39, 0.29) is 0 Å². The minimum Gasteiger partial charge on any atom is -0.399 e. The highest BCUT2D eigenvalue weighted by atomic mass is 14.6. The van der Waals surface area contributed by atoms with Gasteiger partial charge in [0.25, 0.3) is 0 Å². The van der Waals surface area contributed by atoms with Crippen LogP contribution in [-0.2, 0) is 0 Å². The van der Waals surface area contributed by atoms with E-state index < -0.39 is 0 Å². The first kappa shape index (κ1) is 9.76. The second-order valence-corrected chi connectivity index (χ2v) is 2.36. The third kappa shape index (κ3) is 3.46. The third-order valence-electron chi connectivity index (χ3n) is 1.43. The lowest BCUT2D eigenvalue weighted by Crippen LogP contribution is -1.96. The molecule has 0 aromatic heterocycles. The molecule has 0 spiro atoms. The highest BCUT2D eigenvalue weighted by molar-refractivity contribution is 5.39. The Balaban J connectivity index is 4.62. The van der Waals surface area contributed by atoms with Gasteiger partial charge in [-0.05, 0) is 19.4 Å². The molecule has 0 aromatic rings. The zero-order chi connectivity index (χ0) is 8.85. The maximum absolute atomic E-state index is 5.49. The van der Waals surface area contributed by atoms with Crippen LogP contribution in [0.2, 0.25) is 0 Å². The molecule has 0 aliphatic heterocycles. The van der Waals surface area contributed by atoms with Crippen molar-refractivity contribution in [2.24, 2.45) is 5.73 Å². The van der Waals surface area contributed by atoms with E-state index in [0.717, 1.165) is 11.1 Å². The highest BCUT2D eigenvalue weighted by Gasteiger charge is 1.91. The van der Waals surface area contributed by atoms with Crippen molar-refractivity contribution in [1.29, 1.82) is 0 Å². The molecule has 0 radical (unpaired) electrons. The fourth-order valence-electron chi connectivity index (χ4n) is 0.611. The Bertz CT molecular complexity index is 219. The van der Waals surface area contributed by atoms with E-state index in [9.17, 15) is 0 Å². The van der Waals surface area contributed by atoms with Crippen molar-refractivity contribution >= 4 is 0 Å². The van der Waals surface area contributed by atoms with Crippen molar-refractivity contribution in [3.8, 4) is 0 Å². The van der Waals surface area contributed by atoms with Gasteiger partial charge in [0.2, 0.25) is 0 Å². The summed E-state index contributed by atoms with van der Waals surface area (Å²) in [4.78, 5) is 0. The lowest BCUT2D eigenvalue weighted by Gasteiger charge is -1.99. The molecular weight excluding hydrogens is 134 g/mol. The smallest absolute Gasteiger partial charge is 0.0314 e. The van der Waals surface area contributed by atoms with Gasteiger partial charge in [-0.25, -0.2) is 0 Å². The molecule has 0 aliphatic carbocycles. The lowest BCUT2D eigenvalue weighted by atomic mass is 10.1. The molecule has 0 unspecified atom stereocenters. The van der Waals surface area contributed by atoms with Crippen LogP contribution in [0.15, 0.2) is 48.2 Å². The predicted molar refractivity (Wildman–Crippen MR) is 51.0 cm³/mol. The lowest BCUT2D eigenvalue weighted by molar-refractivity contribution is 1.35. The van der Waals surface area contributed by atoms with Gasteiger partial charge in [-0.3, -0.25) is 0 Å². The molecule has 1 heteroatoms. The standard InChI is InChI=1S/C10H15N/c1-5-8(3)7-10(6-2)9(4)11/h5-7H,2,4,11H2,1,3H3/b8-5-,10-7-. The van der Waals surface area contributed by atoms with Crippen LogP contribution in [0, 0.1) is 0 Å². The van der Waals surface area contributed by atoms with Crippen molar-refractivity contribution in [2.75, 3.05) is 0 Å². The zero-order valence-electron chi connectivity index (χ0n) is 7.22. The average Bonchev–Trinajstić information content (AvgIpc) is 1.99. The third-order valence-corrected chi connectivity index (χ3v) is 1.43. The van der Waals surface area contributed by atoms with Gasteiger partial charge in [-0.15, -0.1) is 0 Å². The second-order valence-electron chi connectivity index (χ2n) is 2.36. The van der Waals surface area contributed by atoms with Crippen LogP contribution in [-0.4, -0.2) is 0 Å². The quantitative estimate of drug-likeness (QED) is 0.613. The Kier molecular flexibility index (Phi) is 4.04. The first-order chi connectivity index (χ1) is 5.11. The van der Waals surface area contributed by atoms with Gasteiger partial charge < -0.3 is 5.73 Å². The molecule has 0 aromatic carbocycles. The van der Waals surface area contributed by atoms with E-state index in [1.54, 1.807) is 6.08 Å². The molecule has 0 saturated heterocycles. The SMILES string of the molecule is C=C/C(=C/C(C)=C\C)C(=C)N. The fraction of sp³-hybridized carbons (Fsp3) is 0.200. The van der Waals surface area contributed by atoms with E-state index in [2.05, 4.69) is 13.2 Å². The Morgan fingerprint density at radius 1 is 1.45 bits per heavy atom. The van der Waals surface area contributed by atoms with Crippen LogP contribution in [0.1, 0.15) is 13.8 Å². The molecule has 0 rings (SSSR count). The van der Waals surface area contributed by atoms with E-state index in [4.69, 9.17) is 5.73 Å². The normalized spacial score (nSPS) is 12.9. The van der Waals surface area contributed by atoms with E-state index in [0.29, 0.717) is 5.70 Å². The zero-order valence-corrected chi connectivity index (χ0v) is 7.22. The monoisotopic (exact) mass is 149 g/mol. The molecule has 0 heterocycles. The summed E-state index contributed by atoms with van der Waals surface area (Å²) in [6.45, 7) is 11.2. The Hall–Kier alpha value is -1.24. The van der Waals surface area contributed by atoms with Crippen LogP contribution in [0.5, 0.6) is 0 Å².